The second-order valence-corrected chi connectivity index (χ2v) is 9.44. The molecule has 1 aromatic heterocycles. The van der Waals surface area contributed by atoms with Gasteiger partial charge >= 0.3 is 5.97 Å². The Kier molecular flexibility index (Phi) is 7.22. The van der Waals surface area contributed by atoms with Gasteiger partial charge in [-0.2, -0.15) is 4.31 Å². The first-order valence-electron chi connectivity index (χ1n) is 10.2. The number of aromatic hydroxyl groups is 1. The number of esters is 1. The molecule has 0 unspecified atom stereocenters. The summed E-state index contributed by atoms with van der Waals surface area (Å²) in [7, 11) is -2.23. The molecule has 2 aromatic rings. The van der Waals surface area contributed by atoms with Crippen LogP contribution in [0.5, 0.6) is 5.75 Å². The van der Waals surface area contributed by atoms with Gasteiger partial charge in [0.1, 0.15) is 18.1 Å². The Morgan fingerprint density at radius 3 is 2.53 bits per heavy atom. The van der Waals surface area contributed by atoms with E-state index in [1.54, 1.807) is 13.8 Å². The van der Waals surface area contributed by atoms with Crippen LogP contribution in [0.15, 0.2) is 23.1 Å². The van der Waals surface area contributed by atoms with Crippen LogP contribution in [0, 0.1) is 13.8 Å². The van der Waals surface area contributed by atoms with Gasteiger partial charge in [-0.1, -0.05) is 0 Å². The molecule has 1 aliphatic rings. The zero-order chi connectivity index (χ0) is 23.5. The zero-order valence-electron chi connectivity index (χ0n) is 18.2. The van der Waals surface area contributed by atoms with Gasteiger partial charge in [0, 0.05) is 25.9 Å². The van der Waals surface area contributed by atoms with E-state index in [1.807, 2.05) is 0 Å². The minimum atomic E-state index is -3.72. The van der Waals surface area contributed by atoms with Crippen LogP contribution in [0.4, 0.5) is 5.69 Å². The summed E-state index contributed by atoms with van der Waals surface area (Å²) in [5.41, 5.74) is 1.12. The van der Waals surface area contributed by atoms with E-state index in [-0.39, 0.29) is 40.8 Å². The molecule has 0 radical (unpaired) electrons. The van der Waals surface area contributed by atoms with Gasteiger partial charge in [-0.3, -0.25) is 4.79 Å². The number of aromatic nitrogens is 1. The number of H-pyrrole nitrogens is 1. The van der Waals surface area contributed by atoms with Gasteiger partial charge in [0.05, 0.1) is 22.8 Å². The first kappa shape index (κ1) is 23.8. The smallest absolute Gasteiger partial charge is 0.340 e. The number of phenolic OH excluding ortho intramolecular Hbond substituents is 1. The molecule has 0 saturated carbocycles. The number of anilines is 1. The second kappa shape index (κ2) is 9.72. The third-order valence-electron chi connectivity index (χ3n) is 5.31. The molecule has 0 aliphatic carbocycles. The van der Waals surface area contributed by atoms with E-state index in [4.69, 9.17) is 9.47 Å². The van der Waals surface area contributed by atoms with Gasteiger partial charge in [-0.25, -0.2) is 13.2 Å². The van der Waals surface area contributed by atoms with E-state index in [2.05, 4.69) is 10.3 Å². The Bertz CT molecular complexity index is 1120. The number of hydrogen-bond acceptors (Lipinski definition) is 7. The van der Waals surface area contributed by atoms with Gasteiger partial charge < -0.3 is 24.9 Å². The lowest BCUT2D eigenvalue weighted by Gasteiger charge is -2.16. The maximum Gasteiger partial charge on any atom is 0.340 e. The molecule has 0 atom stereocenters. The van der Waals surface area contributed by atoms with E-state index in [0.29, 0.717) is 24.3 Å². The summed E-state index contributed by atoms with van der Waals surface area (Å²) >= 11 is 0. The summed E-state index contributed by atoms with van der Waals surface area (Å²) in [6, 6.07) is 3.76. The summed E-state index contributed by atoms with van der Waals surface area (Å²) < 4.78 is 37.0. The number of benzene rings is 1. The van der Waals surface area contributed by atoms with Crippen LogP contribution >= 0.6 is 0 Å². The van der Waals surface area contributed by atoms with Gasteiger partial charge in [-0.15, -0.1) is 0 Å². The van der Waals surface area contributed by atoms with Gasteiger partial charge in [0.15, 0.2) is 0 Å². The predicted octanol–water partition coefficient (Wildman–Crippen LogP) is 2.18. The van der Waals surface area contributed by atoms with Gasteiger partial charge in [0.25, 0.3) is 5.91 Å². The van der Waals surface area contributed by atoms with Crippen LogP contribution in [0.1, 0.15) is 44.9 Å². The molecule has 3 N–H and O–H groups in total. The van der Waals surface area contributed by atoms with E-state index in [1.165, 1.54) is 29.6 Å². The quantitative estimate of drug-likeness (QED) is 0.309. The van der Waals surface area contributed by atoms with Crippen molar-refractivity contribution in [3.63, 3.8) is 0 Å². The highest BCUT2D eigenvalue weighted by Gasteiger charge is 2.28. The number of carbonyl (C=O) groups excluding carboxylic acids is 2. The normalized spacial score (nSPS) is 14.5. The third-order valence-corrected chi connectivity index (χ3v) is 7.20. The molecule has 174 valence electrons. The highest BCUT2D eigenvalue weighted by Crippen LogP contribution is 2.30. The molecule has 1 aliphatic heterocycles. The molecule has 10 nitrogen and oxygen atoms in total. The number of methoxy groups -OCH3 is 1. The van der Waals surface area contributed by atoms with Crippen LogP contribution in [0.3, 0.4) is 0 Å². The molecule has 1 aromatic carbocycles. The number of hydrogen-bond donors (Lipinski definition) is 3. The summed E-state index contributed by atoms with van der Waals surface area (Å²) in [5, 5.41) is 12.7. The molecule has 11 heteroatoms. The number of ether oxygens (including phenoxy) is 2. The van der Waals surface area contributed by atoms with E-state index < -0.39 is 21.9 Å². The number of aryl methyl sites for hydroxylation is 1. The van der Waals surface area contributed by atoms with Crippen molar-refractivity contribution in [1.82, 2.24) is 9.29 Å². The monoisotopic (exact) mass is 465 g/mol. The van der Waals surface area contributed by atoms with Crippen LogP contribution in [0.2, 0.25) is 0 Å². The van der Waals surface area contributed by atoms with Crippen molar-refractivity contribution in [2.75, 3.05) is 38.7 Å². The Morgan fingerprint density at radius 2 is 1.88 bits per heavy atom. The molecule has 2 heterocycles. The summed E-state index contributed by atoms with van der Waals surface area (Å²) in [4.78, 5) is 28.1. The standard InChI is InChI=1S/C21H27N3O7S/c1-13-18(21(27)31-11-10-30-3)14(2)22-19(13)20(26)23-16-12-15(6-7-17(16)25)32(28,29)24-8-4-5-9-24/h6-7,12,22,25H,4-5,8-11H2,1-3H3,(H,23,26). The van der Waals surface area contributed by atoms with E-state index in [9.17, 15) is 23.1 Å². The van der Waals surface area contributed by atoms with Crippen molar-refractivity contribution >= 4 is 27.6 Å². The topological polar surface area (TPSA) is 138 Å². The first-order chi connectivity index (χ1) is 15.2. The van der Waals surface area contributed by atoms with Crippen LogP contribution < -0.4 is 5.32 Å². The van der Waals surface area contributed by atoms with Crippen molar-refractivity contribution in [3.8, 4) is 5.75 Å². The number of carbonyl (C=O) groups is 2. The SMILES string of the molecule is COCCOC(=O)c1c(C)[nH]c(C(=O)Nc2cc(S(=O)(=O)N3CCCC3)ccc2O)c1C. The molecule has 3 rings (SSSR count). The number of sulfonamides is 1. The minimum absolute atomic E-state index is 0.0192. The summed E-state index contributed by atoms with van der Waals surface area (Å²) in [6.07, 6.45) is 1.59. The number of nitrogens with one attached hydrogen (secondary N) is 2. The molecular formula is C21H27N3O7S. The van der Waals surface area contributed by atoms with Crippen molar-refractivity contribution in [2.24, 2.45) is 0 Å². The molecule has 0 bridgehead atoms. The Labute approximate surface area is 186 Å². The molecule has 1 fully saturated rings. The Balaban J connectivity index is 1.83. The van der Waals surface area contributed by atoms with E-state index in [0.717, 1.165) is 12.8 Å². The molecule has 32 heavy (non-hydrogen) atoms. The summed E-state index contributed by atoms with van der Waals surface area (Å²) in [5.74, 6) is -1.50. The van der Waals surface area contributed by atoms with Crippen molar-refractivity contribution in [3.05, 3.63) is 40.7 Å². The van der Waals surface area contributed by atoms with Crippen molar-refractivity contribution < 1.29 is 32.6 Å². The van der Waals surface area contributed by atoms with Crippen molar-refractivity contribution in [1.29, 1.82) is 0 Å². The number of amides is 1. The first-order valence-corrected chi connectivity index (χ1v) is 11.6. The second-order valence-electron chi connectivity index (χ2n) is 7.50. The highest BCUT2D eigenvalue weighted by molar-refractivity contribution is 7.89. The number of phenols is 1. The molecule has 1 saturated heterocycles. The van der Waals surface area contributed by atoms with Crippen molar-refractivity contribution in [2.45, 2.75) is 31.6 Å². The predicted molar refractivity (Wildman–Crippen MR) is 116 cm³/mol. The van der Waals surface area contributed by atoms with Gasteiger partial charge in [-0.05, 0) is 50.5 Å². The molecule has 0 spiro atoms. The molecular weight excluding hydrogens is 438 g/mol. The average Bonchev–Trinajstić information content (AvgIpc) is 3.38. The fourth-order valence-electron chi connectivity index (χ4n) is 3.61. The zero-order valence-corrected chi connectivity index (χ0v) is 19.0. The third kappa shape index (κ3) is 4.79. The average molecular weight is 466 g/mol. The van der Waals surface area contributed by atoms with Crippen LogP contribution in [-0.2, 0) is 19.5 Å². The number of aromatic amines is 1. The lowest BCUT2D eigenvalue weighted by atomic mass is 10.1. The van der Waals surface area contributed by atoms with Gasteiger partial charge in [0.2, 0.25) is 10.0 Å². The van der Waals surface area contributed by atoms with Crippen LogP contribution in [0.25, 0.3) is 0 Å². The lowest BCUT2D eigenvalue weighted by Crippen LogP contribution is -2.28. The molecule has 1 amide bonds. The highest BCUT2D eigenvalue weighted by atomic mass is 32.2. The number of nitrogens with zero attached hydrogens (tertiary/aromatic N) is 1. The fraction of sp³-hybridized carbons (Fsp3) is 0.429. The fourth-order valence-corrected chi connectivity index (χ4v) is 5.16. The number of rotatable bonds is 8. The van der Waals surface area contributed by atoms with Crippen LogP contribution in [-0.4, -0.2) is 68.1 Å². The lowest BCUT2D eigenvalue weighted by molar-refractivity contribution is 0.0386. The largest absolute Gasteiger partial charge is 0.506 e. The maximum atomic E-state index is 12.9. The Morgan fingerprint density at radius 1 is 1.19 bits per heavy atom. The van der Waals surface area contributed by atoms with E-state index >= 15 is 0 Å². The maximum absolute atomic E-state index is 12.9. The minimum Gasteiger partial charge on any atom is -0.506 e. The Hall–Kier alpha value is -2.89. The summed E-state index contributed by atoms with van der Waals surface area (Å²) in [6.45, 7) is 4.44.